The Hall–Kier alpha value is -0.900. The number of aliphatic imine (C=N–C) groups is 1. The molecule has 0 aliphatic heterocycles. The van der Waals surface area contributed by atoms with Gasteiger partial charge in [0, 0.05) is 26.4 Å². The highest BCUT2D eigenvalue weighted by molar-refractivity contribution is 14.0. The predicted octanol–water partition coefficient (Wildman–Crippen LogP) is 1.20. The molecule has 8 heteroatoms. The molecule has 0 atom stereocenters. The molecule has 0 amide bonds. The molecule has 1 aromatic carbocycles. The number of guanidine groups is 1. The van der Waals surface area contributed by atoms with E-state index < -0.39 is 9.84 Å². The largest absolute Gasteiger partial charge is 0.356 e. The molecule has 0 fully saturated rings. The highest BCUT2D eigenvalue weighted by atomic mass is 127. The average molecular weight is 429 g/mol. The average Bonchev–Trinajstić information content (AvgIpc) is 2.38. The van der Waals surface area contributed by atoms with Gasteiger partial charge in [0.15, 0.2) is 5.96 Å². The number of halogens is 2. The summed E-state index contributed by atoms with van der Waals surface area (Å²) in [5.41, 5.74) is 1.02. The minimum Gasteiger partial charge on any atom is -0.356 e. The second-order valence-corrected chi connectivity index (χ2v) is 6.69. The molecular formula is C13H21FIN3O2S. The lowest BCUT2D eigenvalue weighted by atomic mass is 10.1. The van der Waals surface area contributed by atoms with Crippen LogP contribution in [0.5, 0.6) is 0 Å². The van der Waals surface area contributed by atoms with Crippen molar-refractivity contribution in [2.24, 2.45) is 4.99 Å². The maximum atomic E-state index is 12.7. The fraction of sp³-hybridized carbons (Fsp3) is 0.462. The van der Waals surface area contributed by atoms with Gasteiger partial charge in [0.25, 0.3) is 0 Å². The first-order valence-corrected chi connectivity index (χ1v) is 8.33. The van der Waals surface area contributed by atoms with Crippen LogP contribution in [0, 0.1) is 5.82 Å². The Morgan fingerprint density at radius 2 is 1.76 bits per heavy atom. The molecular weight excluding hydrogens is 408 g/mol. The zero-order valence-corrected chi connectivity index (χ0v) is 15.2. The van der Waals surface area contributed by atoms with E-state index in [0.29, 0.717) is 19.0 Å². The van der Waals surface area contributed by atoms with E-state index in [9.17, 15) is 12.8 Å². The molecule has 0 radical (unpaired) electrons. The van der Waals surface area contributed by atoms with Gasteiger partial charge in [-0.3, -0.25) is 4.99 Å². The summed E-state index contributed by atoms with van der Waals surface area (Å²) in [7, 11) is -1.36. The lowest BCUT2D eigenvalue weighted by Crippen LogP contribution is -2.40. The molecule has 0 saturated heterocycles. The molecule has 1 rings (SSSR count). The number of nitrogens with zero attached hydrogens (tertiary/aromatic N) is 1. The van der Waals surface area contributed by atoms with Crippen LogP contribution in [-0.2, 0) is 16.3 Å². The van der Waals surface area contributed by atoms with Gasteiger partial charge in [-0.1, -0.05) is 12.1 Å². The normalized spacial score (nSPS) is 11.7. The Morgan fingerprint density at radius 3 is 2.29 bits per heavy atom. The molecule has 0 heterocycles. The molecule has 0 spiro atoms. The first kappa shape index (κ1) is 20.1. The van der Waals surface area contributed by atoms with Crippen LogP contribution in [0.4, 0.5) is 4.39 Å². The van der Waals surface area contributed by atoms with Crippen molar-refractivity contribution in [1.82, 2.24) is 10.6 Å². The Bertz CT molecular complexity index is 547. The molecule has 0 aromatic heterocycles. The summed E-state index contributed by atoms with van der Waals surface area (Å²) in [4.78, 5) is 3.99. The van der Waals surface area contributed by atoms with Crippen LogP contribution in [0.25, 0.3) is 0 Å². The summed E-state index contributed by atoms with van der Waals surface area (Å²) in [5.74, 6) is 0.363. The van der Waals surface area contributed by atoms with Crippen molar-refractivity contribution in [3.05, 3.63) is 35.6 Å². The Balaban J connectivity index is 0.00000400. The van der Waals surface area contributed by atoms with E-state index in [1.807, 2.05) is 0 Å². The Labute approximate surface area is 142 Å². The summed E-state index contributed by atoms with van der Waals surface area (Å²) in [5, 5.41) is 5.99. The maximum absolute atomic E-state index is 12.7. The summed E-state index contributed by atoms with van der Waals surface area (Å²) >= 11 is 0. The lowest BCUT2D eigenvalue weighted by molar-refractivity contribution is 0.600. The van der Waals surface area contributed by atoms with E-state index in [2.05, 4.69) is 15.6 Å². The zero-order valence-electron chi connectivity index (χ0n) is 12.1. The quantitative estimate of drug-likeness (QED) is 0.405. The molecule has 0 saturated carbocycles. The van der Waals surface area contributed by atoms with Crippen molar-refractivity contribution >= 4 is 39.8 Å². The van der Waals surface area contributed by atoms with Gasteiger partial charge < -0.3 is 10.6 Å². The second kappa shape index (κ2) is 9.93. The molecule has 2 N–H and O–H groups in total. The molecule has 0 aliphatic rings. The fourth-order valence-electron chi connectivity index (χ4n) is 1.55. The minimum atomic E-state index is -2.98. The van der Waals surface area contributed by atoms with Crippen molar-refractivity contribution in [3.8, 4) is 0 Å². The van der Waals surface area contributed by atoms with Crippen LogP contribution in [0.15, 0.2) is 29.3 Å². The highest BCUT2D eigenvalue weighted by Gasteiger charge is 2.03. The van der Waals surface area contributed by atoms with Crippen LogP contribution in [-0.4, -0.2) is 46.5 Å². The number of rotatable bonds is 6. The van der Waals surface area contributed by atoms with Gasteiger partial charge in [-0.2, -0.15) is 0 Å². The molecule has 0 bridgehead atoms. The Morgan fingerprint density at radius 1 is 1.19 bits per heavy atom. The van der Waals surface area contributed by atoms with Gasteiger partial charge >= 0.3 is 0 Å². The SMILES string of the molecule is CN=C(NCCc1ccc(F)cc1)NCCS(C)(=O)=O.I. The third kappa shape index (κ3) is 9.62. The third-order valence-electron chi connectivity index (χ3n) is 2.61. The van der Waals surface area contributed by atoms with E-state index in [1.54, 1.807) is 19.2 Å². The minimum absolute atomic E-state index is 0. The van der Waals surface area contributed by atoms with E-state index in [0.717, 1.165) is 12.0 Å². The van der Waals surface area contributed by atoms with Gasteiger partial charge in [-0.05, 0) is 24.1 Å². The maximum Gasteiger partial charge on any atom is 0.191 e. The van der Waals surface area contributed by atoms with Crippen molar-refractivity contribution in [3.63, 3.8) is 0 Å². The van der Waals surface area contributed by atoms with Crippen LogP contribution in [0.3, 0.4) is 0 Å². The van der Waals surface area contributed by atoms with Gasteiger partial charge in [0.1, 0.15) is 15.7 Å². The number of benzene rings is 1. The van der Waals surface area contributed by atoms with Crippen molar-refractivity contribution in [2.45, 2.75) is 6.42 Å². The summed E-state index contributed by atoms with van der Waals surface area (Å²) in [6.45, 7) is 0.944. The number of hydrogen-bond acceptors (Lipinski definition) is 3. The topological polar surface area (TPSA) is 70.6 Å². The van der Waals surface area contributed by atoms with Gasteiger partial charge in [-0.25, -0.2) is 12.8 Å². The molecule has 0 aliphatic carbocycles. The van der Waals surface area contributed by atoms with E-state index in [-0.39, 0.29) is 35.5 Å². The first-order chi connectivity index (χ1) is 9.40. The number of hydrogen-bond donors (Lipinski definition) is 2. The van der Waals surface area contributed by atoms with Crippen molar-refractivity contribution < 1.29 is 12.8 Å². The molecule has 1 aromatic rings. The van der Waals surface area contributed by atoms with E-state index in [1.165, 1.54) is 18.4 Å². The highest BCUT2D eigenvalue weighted by Crippen LogP contribution is 2.02. The smallest absolute Gasteiger partial charge is 0.191 e. The summed E-state index contributed by atoms with van der Waals surface area (Å²) in [6, 6.07) is 6.32. The fourth-order valence-corrected chi connectivity index (χ4v) is 2.02. The standard InChI is InChI=1S/C13H20FN3O2S.HI/c1-15-13(17-9-10-20(2,18)19)16-8-7-11-3-5-12(14)6-4-11;/h3-6H,7-10H2,1-2H3,(H2,15,16,17);1H. The molecule has 0 unspecified atom stereocenters. The van der Waals surface area contributed by atoms with Crippen LogP contribution >= 0.6 is 24.0 Å². The Kier molecular flexibility index (Phi) is 9.51. The van der Waals surface area contributed by atoms with Gasteiger partial charge in [-0.15, -0.1) is 24.0 Å². The molecule has 120 valence electrons. The van der Waals surface area contributed by atoms with E-state index >= 15 is 0 Å². The lowest BCUT2D eigenvalue weighted by Gasteiger charge is -2.11. The number of nitrogens with one attached hydrogen (secondary N) is 2. The monoisotopic (exact) mass is 429 g/mol. The van der Waals surface area contributed by atoms with Crippen LogP contribution in [0.2, 0.25) is 0 Å². The molecule has 5 nitrogen and oxygen atoms in total. The van der Waals surface area contributed by atoms with Crippen molar-refractivity contribution in [2.75, 3.05) is 32.1 Å². The van der Waals surface area contributed by atoms with Crippen LogP contribution < -0.4 is 10.6 Å². The predicted molar refractivity (Wildman–Crippen MR) is 94.6 cm³/mol. The first-order valence-electron chi connectivity index (χ1n) is 6.27. The van der Waals surface area contributed by atoms with Crippen molar-refractivity contribution in [1.29, 1.82) is 0 Å². The second-order valence-electron chi connectivity index (χ2n) is 4.43. The summed E-state index contributed by atoms with van der Waals surface area (Å²) in [6.07, 6.45) is 1.92. The van der Waals surface area contributed by atoms with Gasteiger partial charge in [0.2, 0.25) is 0 Å². The number of sulfone groups is 1. The van der Waals surface area contributed by atoms with Crippen LogP contribution in [0.1, 0.15) is 5.56 Å². The summed E-state index contributed by atoms with van der Waals surface area (Å²) < 4.78 is 34.7. The molecule has 21 heavy (non-hydrogen) atoms. The zero-order chi connectivity index (χ0) is 15.0. The van der Waals surface area contributed by atoms with Gasteiger partial charge in [0.05, 0.1) is 5.75 Å². The third-order valence-corrected chi connectivity index (χ3v) is 3.55. The van der Waals surface area contributed by atoms with E-state index in [4.69, 9.17) is 0 Å².